The lowest BCUT2D eigenvalue weighted by molar-refractivity contribution is 0.134. The lowest BCUT2D eigenvalue weighted by atomic mass is 10.1. The van der Waals surface area contributed by atoms with Gasteiger partial charge in [0.15, 0.2) is 0 Å². The van der Waals surface area contributed by atoms with E-state index in [0.29, 0.717) is 6.04 Å². The van der Waals surface area contributed by atoms with E-state index in [1.165, 1.54) is 6.42 Å². The summed E-state index contributed by atoms with van der Waals surface area (Å²) < 4.78 is 0. The molecular weight excluding hydrogens is 102 g/mol. The van der Waals surface area contributed by atoms with Gasteiger partial charge in [0.1, 0.15) is 0 Å². The van der Waals surface area contributed by atoms with Crippen LogP contribution in [-0.4, -0.2) is 23.8 Å². The summed E-state index contributed by atoms with van der Waals surface area (Å²) in [6.07, 6.45) is 2.22. The van der Waals surface area contributed by atoms with E-state index in [-0.39, 0.29) is 6.10 Å². The van der Waals surface area contributed by atoms with Crippen LogP contribution in [0.1, 0.15) is 12.8 Å². The maximum Gasteiger partial charge on any atom is 0.0696 e. The third-order valence-electron chi connectivity index (χ3n) is 2.30. The van der Waals surface area contributed by atoms with Crippen LogP contribution >= 0.6 is 0 Å². The second-order valence-corrected chi connectivity index (χ2v) is 2.92. The molecule has 1 aliphatic carbocycles. The minimum atomic E-state index is -0.0336. The molecule has 8 heavy (non-hydrogen) atoms. The average Bonchev–Trinajstić information content (AvgIpc) is 2.23. The predicted octanol–water partition coefficient (Wildman–Crippen LogP) is -0.271. The summed E-state index contributed by atoms with van der Waals surface area (Å²) in [5.74, 6) is 0.787. The van der Waals surface area contributed by atoms with Crippen LogP contribution in [0, 0.1) is 5.92 Å². The molecule has 2 fully saturated rings. The molecule has 2 bridgehead atoms. The van der Waals surface area contributed by atoms with Crippen molar-refractivity contribution in [3.05, 3.63) is 0 Å². The molecule has 1 heterocycles. The summed E-state index contributed by atoms with van der Waals surface area (Å²) >= 11 is 0. The molecule has 46 valence electrons. The monoisotopic (exact) mass is 113 g/mol. The quantitative estimate of drug-likeness (QED) is 0.453. The zero-order valence-corrected chi connectivity index (χ0v) is 4.80. The summed E-state index contributed by atoms with van der Waals surface area (Å²) in [6.45, 7) is 1.14. The van der Waals surface area contributed by atoms with Gasteiger partial charge in [-0.1, -0.05) is 0 Å². The Kier molecular flexibility index (Phi) is 0.866. The summed E-state index contributed by atoms with van der Waals surface area (Å²) in [6, 6.07) is 0.444. The Balaban J connectivity index is 2.11. The van der Waals surface area contributed by atoms with Gasteiger partial charge in [-0.3, -0.25) is 0 Å². The number of hydrogen-bond donors (Lipinski definition) is 2. The summed E-state index contributed by atoms with van der Waals surface area (Å²) in [5.41, 5.74) is 0. The van der Waals surface area contributed by atoms with E-state index in [2.05, 4.69) is 5.32 Å². The molecule has 1 aliphatic heterocycles. The predicted molar refractivity (Wildman–Crippen MR) is 30.5 cm³/mol. The summed E-state index contributed by atoms with van der Waals surface area (Å²) in [5, 5.41) is 12.4. The van der Waals surface area contributed by atoms with Crippen LogP contribution in [0.2, 0.25) is 0 Å². The second-order valence-electron chi connectivity index (χ2n) is 2.92. The fraction of sp³-hybridized carbons (Fsp3) is 1.00. The Labute approximate surface area is 48.9 Å². The molecule has 2 rings (SSSR count). The second kappa shape index (κ2) is 1.45. The first kappa shape index (κ1) is 4.77. The first-order valence-corrected chi connectivity index (χ1v) is 3.28. The van der Waals surface area contributed by atoms with Crippen molar-refractivity contribution in [1.29, 1.82) is 0 Å². The fourth-order valence-corrected chi connectivity index (χ4v) is 1.82. The van der Waals surface area contributed by atoms with Gasteiger partial charge in [-0.15, -0.1) is 0 Å². The smallest absolute Gasteiger partial charge is 0.0696 e. The van der Waals surface area contributed by atoms with Crippen LogP contribution in [-0.2, 0) is 0 Å². The average molecular weight is 113 g/mol. The molecular formula is C6H11NO. The lowest BCUT2D eigenvalue weighted by Crippen LogP contribution is -2.36. The van der Waals surface area contributed by atoms with Gasteiger partial charge in [-0.25, -0.2) is 0 Å². The minimum absolute atomic E-state index is 0.0336. The third-order valence-corrected chi connectivity index (χ3v) is 2.30. The van der Waals surface area contributed by atoms with E-state index in [0.717, 1.165) is 18.9 Å². The van der Waals surface area contributed by atoms with Crippen molar-refractivity contribution in [2.24, 2.45) is 5.92 Å². The van der Waals surface area contributed by atoms with E-state index in [1.807, 2.05) is 0 Å². The maximum absolute atomic E-state index is 9.16. The van der Waals surface area contributed by atoms with Gasteiger partial charge in [0.25, 0.3) is 0 Å². The first-order valence-electron chi connectivity index (χ1n) is 3.28. The molecule has 2 aliphatic rings. The van der Waals surface area contributed by atoms with Gasteiger partial charge in [0, 0.05) is 6.04 Å². The van der Waals surface area contributed by atoms with Crippen LogP contribution in [0.25, 0.3) is 0 Å². The van der Waals surface area contributed by atoms with Gasteiger partial charge in [-0.2, -0.15) is 0 Å². The molecule has 0 spiro atoms. The van der Waals surface area contributed by atoms with Gasteiger partial charge in [0.2, 0.25) is 0 Å². The van der Waals surface area contributed by atoms with Crippen LogP contribution in [0.4, 0.5) is 0 Å². The van der Waals surface area contributed by atoms with Crippen molar-refractivity contribution < 1.29 is 5.11 Å². The summed E-state index contributed by atoms with van der Waals surface area (Å²) in [4.78, 5) is 0. The number of rotatable bonds is 0. The van der Waals surface area contributed by atoms with E-state index in [9.17, 15) is 0 Å². The van der Waals surface area contributed by atoms with Gasteiger partial charge < -0.3 is 10.4 Å². The van der Waals surface area contributed by atoms with Crippen molar-refractivity contribution in [1.82, 2.24) is 5.32 Å². The Hall–Kier alpha value is -0.0800. The molecule has 1 saturated carbocycles. The maximum atomic E-state index is 9.16. The highest BCUT2D eigenvalue weighted by Gasteiger charge is 2.37. The van der Waals surface area contributed by atoms with Gasteiger partial charge in [-0.05, 0) is 25.3 Å². The Bertz CT molecular complexity index is 103. The van der Waals surface area contributed by atoms with Crippen molar-refractivity contribution in [2.75, 3.05) is 6.54 Å². The van der Waals surface area contributed by atoms with Crippen LogP contribution in [0.5, 0.6) is 0 Å². The standard InChI is InChI=1S/C6H11NO/c8-6-2-4-1-5(6)7-3-4/h4-8H,1-3H2/t4-,5+,6+/m1/s1. The van der Waals surface area contributed by atoms with Gasteiger partial charge in [0.05, 0.1) is 6.10 Å². The third kappa shape index (κ3) is 0.501. The van der Waals surface area contributed by atoms with E-state index >= 15 is 0 Å². The first-order chi connectivity index (χ1) is 3.86. The number of nitrogens with one attached hydrogen (secondary N) is 1. The topological polar surface area (TPSA) is 32.3 Å². The molecule has 0 aromatic carbocycles. The summed E-state index contributed by atoms with van der Waals surface area (Å²) in [7, 11) is 0. The lowest BCUT2D eigenvalue weighted by Gasteiger charge is -2.16. The van der Waals surface area contributed by atoms with Crippen molar-refractivity contribution in [3.63, 3.8) is 0 Å². The molecule has 0 amide bonds. The van der Waals surface area contributed by atoms with Crippen LogP contribution in [0.3, 0.4) is 0 Å². The van der Waals surface area contributed by atoms with Crippen molar-refractivity contribution in [3.8, 4) is 0 Å². The van der Waals surface area contributed by atoms with E-state index in [1.54, 1.807) is 0 Å². The zero-order chi connectivity index (χ0) is 5.56. The van der Waals surface area contributed by atoms with Gasteiger partial charge >= 0.3 is 0 Å². The number of piperidine rings is 1. The molecule has 2 nitrogen and oxygen atoms in total. The molecule has 2 N–H and O–H groups in total. The number of hydrogen-bond acceptors (Lipinski definition) is 2. The normalized spacial score (nSPS) is 52.9. The molecule has 0 unspecified atom stereocenters. The molecule has 2 heteroatoms. The van der Waals surface area contributed by atoms with Crippen molar-refractivity contribution in [2.45, 2.75) is 25.0 Å². The molecule has 0 aromatic rings. The fourth-order valence-electron chi connectivity index (χ4n) is 1.82. The van der Waals surface area contributed by atoms with Crippen LogP contribution in [0.15, 0.2) is 0 Å². The van der Waals surface area contributed by atoms with Crippen molar-refractivity contribution >= 4 is 0 Å². The van der Waals surface area contributed by atoms with Crippen LogP contribution < -0.4 is 5.32 Å². The highest BCUT2D eigenvalue weighted by Crippen LogP contribution is 2.30. The molecule has 1 saturated heterocycles. The van der Waals surface area contributed by atoms with E-state index < -0.39 is 0 Å². The Morgan fingerprint density at radius 3 is 2.50 bits per heavy atom. The Morgan fingerprint density at radius 2 is 2.25 bits per heavy atom. The molecule has 3 atom stereocenters. The number of fused-ring (bicyclic) bond motifs is 2. The highest BCUT2D eigenvalue weighted by molar-refractivity contribution is 4.95. The molecule has 0 radical (unpaired) electrons. The highest BCUT2D eigenvalue weighted by atomic mass is 16.3. The SMILES string of the molecule is O[C@H]1C[C@@H]2CN[C@H]1C2. The number of aliphatic hydroxyl groups is 1. The Morgan fingerprint density at radius 1 is 1.38 bits per heavy atom. The zero-order valence-electron chi connectivity index (χ0n) is 4.80. The largest absolute Gasteiger partial charge is 0.391 e. The molecule has 0 aromatic heterocycles. The van der Waals surface area contributed by atoms with E-state index in [4.69, 9.17) is 5.11 Å². The number of aliphatic hydroxyl groups excluding tert-OH is 1. The minimum Gasteiger partial charge on any atom is -0.391 e.